The first-order valence-electron chi connectivity index (χ1n) is 11.2. The number of carbonyl (C=O) groups excluding carboxylic acids is 4. The van der Waals surface area contributed by atoms with E-state index in [1.54, 1.807) is 0 Å². The molecule has 14 heteroatoms. The molecule has 2 aromatic rings. The highest BCUT2D eigenvalue weighted by Crippen LogP contribution is 2.41. The SMILES string of the molecule is [B]C(=O)NC(=O)CCCN1Cc2cc(CNC(=O)C(F)(F)c3ccc(OC)cc3C(F)(F)F)ccc2C1=O. The van der Waals surface area contributed by atoms with E-state index in [1.165, 1.54) is 23.1 Å². The number of rotatable bonds is 9. The standard InChI is InChI=1S/C24H21BF5N3O5/c1-38-15-5-7-17(18(10-15)24(28,29)30)23(26,27)21(36)31-11-13-4-6-16-14(9-13)12-33(20(16)35)8-2-3-19(34)32-22(25)37/h4-7,9-10H,2-3,8,11-12H2,1H3,(H,31,36)(H,32,34,37). The summed E-state index contributed by atoms with van der Waals surface area (Å²) < 4.78 is 74.4. The summed E-state index contributed by atoms with van der Waals surface area (Å²) in [5.74, 6) is -8.62. The molecule has 0 saturated carbocycles. The smallest absolute Gasteiger partial charge is 0.417 e. The summed E-state index contributed by atoms with van der Waals surface area (Å²) in [4.78, 5) is 48.4. The van der Waals surface area contributed by atoms with Gasteiger partial charge in [-0.15, -0.1) is 0 Å². The van der Waals surface area contributed by atoms with E-state index in [9.17, 15) is 41.1 Å². The number of nitrogens with one attached hydrogen (secondary N) is 2. The molecule has 0 unspecified atom stereocenters. The second kappa shape index (κ2) is 11.2. The van der Waals surface area contributed by atoms with Crippen LogP contribution in [0, 0.1) is 0 Å². The zero-order valence-electron chi connectivity index (χ0n) is 20.0. The molecule has 0 aliphatic carbocycles. The van der Waals surface area contributed by atoms with E-state index < -0.39 is 47.4 Å². The van der Waals surface area contributed by atoms with Crippen LogP contribution in [-0.2, 0) is 34.8 Å². The van der Waals surface area contributed by atoms with Crippen molar-refractivity contribution in [2.45, 2.75) is 38.0 Å². The second-order valence-corrected chi connectivity index (χ2v) is 8.40. The van der Waals surface area contributed by atoms with E-state index in [0.717, 1.165) is 13.2 Å². The zero-order valence-corrected chi connectivity index (χ0v) is 20.0. The van der Waals surface area contributed by atoms with Crippen LogP contribution in [0.5, 0.6) is 5.75 Å². The third kappa shape index (κ3) is 6.47. The van der Waals surface area contributed by atoms with Gasteiger partial charge in [-0.25, -0.2) is 0 Å². The molecule has 2 N–H and O–H groups in total. The molecule has 200 valence electrons. The molecule has 1 heterocycles. The maximum Gasteiger partial charge on any atom is 0.417 e. The van der Waals surface area contributed by atoms with Gasteiger partial charge < -0.3 is 20.3 Å². The summed E-state index contributed by atoms with van der Waals surface area (Å²) in [5.41, 5.74) is -1.97. The Balaban J connectivity index is 1.65. The third-order valence-corrected chi connectivity index (χ3v) is 5.75. The highest BCUT2D eigenvalue weighted by atomic mass is 19.4. The van der Waals surface area contributed by atoms with Crippen LogP contribution in [0.1, 0.15) is 45.5 Å². The Kier molecular flexibility index (Phi) is 8.43. The minimum absolute atomic E-state index is 0.0429. The highest BCUT2D eigenvalue weighted by molar-refractivity contribution is 6.58. The quantitative estimate of drug-likeness (QED) is 0.378. The Morgan fingerprint density at radius 1 is 1.05 bits per heavy atom. The van der Waals surface area contributed by atoms with Gasteiger partial charge in [0.05, 0.1) is 12.7 Å². The normalized spacial score (nSPS) is 13.2. The van der Waals surface area contributed by atoms with E-state index in [0.29, 0.717) is 28.8 Å². The van der Waals surface area contributed by atoms with Crippen LogP contribution in [0.4, 0.5) is 26.7 Å². The van der Waals surface area contributed by atoms with Gasteiger partial charge in [-0.05, 0) is 41.8 Å². The van der Waals surface area contributed by atoms with E-state index >= 15 is 0 Å². The van der Waals surface area contributed by atoms with Gasteiger partial charge in [0.2, 0.25) is 13.8 Å². The van der Waals surface area contributed by atoms with Gasteiger partial charge in [0, 0.05) is 37.2 Å². The molecule has 1 aliphatic rings. The summed E-state index contributed by atoms with van der Waals surface area (Å²) in [7, 11) is 5.94. The van der Waals surface area contributed by atoms with Gasteiger partial charge in [-0.2, -0.15) is 22.0 Å². The number of hydrogen-bond acceptors (Lipinski definition) is 5. The first-order valence-corrected chi connectivity index (χ1v) is 11.2. The van der Waals surface area contributed by atoms with Crippen LogP contribution < -0.4 is 15.4 Å². The Morgan fingerprint density at radius 2 is 1.76 bits per heavy atom. The molecule has 0 atom stereocenters. The second-order valence-electron chi connectivity index (χ2n) is 8.40. The van der Waals surface area contributed by atoms with Gasteiger partial charge in [-0.3, -0.25) is 19.2 Å². The van der Waals surface area contributed by atoms with Crippen molar-refractivity contribution in [3.05, 3.63) is 64.2 Å². The third-order valence-electron chi connectivity index (χ3n) is 5.75. The fourth-order valence-corrected chi connectivity index (χ4v) is 3.93. The first kappa shape index (κ1) is 28.6. The minimum Gasteiger partial charge on any atom is -0.497 e. The lowest BCUT2D eigenvalue weighted by atomic mass is 9.99. The number of methoxy groups -OCH3 is 1. The van der Waals surface area contributed by atoms with Crippen LogP contribution in [0.2, 0.25) is 0 Å². The number of nitrogens with zero attached hydrogens (tertiary/aromatic N) is 1. The fourth-order valence-electron chi connectivity index (χ4n) is 3.93. The monoisotopic (exact) mass is 537 g/mol. The predicted octanol–water partition coefficient (Wildman–Crippen LogP) is 3.26. The molecule has 38 heavy (non-hydrogen) atoms. The van der Waals surface area contributed by atoms with Gasteiger partial charge in [-0.1, -0.05) is 12.1 Å². The van der Waals surface area contributed by atoms with Crippen molar-refractivity contribution in [3.63, 3.8) is 0 Å². The molecule has 0 bridgehead atoms. The molecule has 8 nitrogen and oxygen atoms in total. The Bertz CT molecular complexity index is 1270. The van der Waals surface area contributed by atoms with E-state index in [-0.39, 0.29) is 37.6 Å². The van der Waals surface area contributed by atoms with Gasteiger partial charge in [0.15, 0.2) is 5.81 Å². The maximum absolute atomic E-state index is 14.8. The van der Waals surface area contributed by atoms with Crippen molar-refractivity contribution >= 4 is 31.4 Å². The molecule has 2 aromatic carbocycles. The van der Waals surface area contributed by atoms with Crippen LogP contribution in [0.25, 0.3) is 0 Å². The van der Waals surface area contributed by atoms with Crippen molar-refractivity contribution in [1.29, 1.82) is 0 Å². The number of carbonyl (C=O) groups is 4. The summed E-state index contributed by atoms with van der Waals surface area (Å²) in [6.45, 7) is -0.0770. The molecule has 0 fully saturated rings. The fraction of sp³-hybridized carbons (Fsp3) is 0.333. The Hall–Kier alpha value is -3.97. The Morgan fingerprint density at radius 3 is 2.39 bits per heavy atom. The Labute approximate surface area is 214 Å². The van der Waals surface area contributed by atoms with Gasteiger partial charge >= 0.3 is 12.1 Å². The number of fused-ring (bicyclic) bond motifs is 1. The average Bonchev–Trinajstić information content (AvgIpc) is 3.15. The molecule has 3 rings (SSSR count). The van der Waals surface area contributed by atoms with Crippen molar-refractivity contribution in [3.8, 4) is 5.75 Å². The lowest BCUT2D eigenvalue weighted by Gasteiger charge is -2.21. The van der Waals surface area contributed by atoms with Crippen LogP contribution >= 0.6 is 0 Å². The first-order chi connectivity index (χ1) is 17.7. The number of alkyl halides is 5. The van der Waals surface area contributed by atoms with Gasteiger partial charge in [0.25, 0.3) is 11.8 Å². The summed E-state index contributed by atoms with van der Waals surface area (Å²) in [6, 6.07) is 6.17. The molecule has 0 saturated heterocycles. The summed E-state index contributed by atoms with van der Waals surface area (Å²) in [5, 5.41) is 3.86. The van der Waals surface area contributed by atoms with E-state index in [2.05, 4.69) is 4.74 Å². The van der Waals surface area contributed by atoms with E-state index in [1.807, 2.05) is 10.6 Å². The molecule has 0 spiro atoms. The van der Waals surface area contributed by atoms with Crippen molar-refractivity contribution < 1.29 is 45.9 Å². The van der Waals surface area contributed by atoms with Crippen LogP contribution in [0.3, 0.4) is 0 Å². The number of imide groups is 1. The molecule has 2 radical (unpaired) electrons. The topological polar surface area (TPSA) is 105 Å². The molecule has 0 aromatic heterocycles. The average molecular weight is 537 g/mol. The van der Waals surface area contributed by atoms with Crippen molar-refractivity contribution in [2.24, 2.45) is 0 Å². The van der Waals surface area contributed by atoms with Crippen molar-refractivity contribution in [2.75, 3.05) is 13.7 Å². The number of halogens is 5. The number of benzene rings is 2. The van der Waals surface area contributed by atoms with E-state index in [4.69, 9.17) is 7.85 Å². The molecular formula is C24H21BF5N3O5. The zero-order chi connectivity index (χ0) is 28.3. The molecular weight excluding hydrogens is 516 g/mol. The maximum atomic E-state index is 14.8. The lowest BCUT2D eigenvalue weighted by Crippen LogP contribution is -2.39. The number of ether oxygens (including phenoxy) is 1. The van der Waals surface area contributed by atoms with Crippen LogP contribution in [0.15, 0.2) is 36.4 Å². The number of amides is 4. The summed E-state index contributed by atoms with van der Waals surface area (Å²) >= 11 is 0. The van der Waals surface area contributed by atoms with Crippen LogP contribution in [-0.4, -0.2) is 49.9 Å². The van der Waals surface area contributed by atoms with Gasteiger partial charge in [0.1, 0.15) is 5.75 Å². The molecule has 4 amide bonds. The molecule has 1 aliphatic heterocycles. The lowest BCUT2D eigenvalue weighted by molar-refractivity contribution is -0.153. The van der Waals surface area contributed by atoms with Crippen molar-refractivity contribution in [1.82, 2.24) is 15.5 Å². The number of hydrogen-bond donors (Lipinski definition) is 2. The highest BCUT2D eigenvalue weighted by Gasteiger charge is 2.48. The predicted molar refractivity (Wildman–Crippen MR) is 123 cm³/mol. The largest absolute Gasteiger partial charge is 0.497 e. The summed E-state index contributed by atoms with van der Waals surface area (Å²) in [6.07, 6.45) is -4.95. The minimum atomic E-state index is -5.16.